The number of carbonyl (C=O) groups is 2. The fourth-order valence-electron chi connectivity index (χ4n) is 2.81. The van der Waals surface area contributed by atoms with E-state index in [2.05, 4.69) is 16.4 Å². The Morgan fingerprint density at radius 1 is 1.19 bits per heavy atom. The summed E-state index contributed by atoms with van der Waals surface area (Å²) in [7, 11) is 0. The van der Waals surface area contributed by atoms with Crippen LogP contribution in [0, 0.1) is 0 Å². The normalized spacial score (nSPS) is 14.2. The standard InChI is InChI=1S/C19H17N3O2S2/c23-17(8-9-22-10-11-25-19(22)24)20-14-5-3-4-13(12-14)18-21-15-6-1-2-7-16(15)26-18/h1-7,12H,8-11H2,(H,20,23). The van der Waals surface area contributed by atoms with Gasteiger partial charge in [-0.2, -0.15) is 0 Å². The number of aromatic nitrogens is 1. The van der Waals surface area contributed by atoms with Crippen LogP contribution in [-0.4, -0.2) is 39.9 Å². The molecular formula is C19H17N3O2S2. The molecule has 1 fully saturated rings. The van der Waals surface area contributed by atoms with E-state index in [1.807, 2.05) is 42.5 Å². The maximum Gasteiger partial charge on any atom is 0.281 e. The van der Waals surface area contributed by atoms with Crippen molar-refractivity contribution in [3.05, 3.63) is 48.5 Å². The molecule has 0 unspecified atom stereocenters. The second kappa shape index (κ2) is 7.47. The van der Waals surface area contributed by atoms with Crippen LogP contribution in [0.15, 0.2) is 48.5 Å². The number of nitrogens with one attached hydrogen (secondary N) is 1. The summed E-state index contributed by atoms with van der Waals surface area (Å²) in [5.74, 6) is 0.723. The monoisotopic (exact) mass is 383 g/mol. The lowest BCUT2D eigenvalue weighted by molar-refractivity contribution is -0.116. The van der Waals surface area contributed by atoms with Crippen molar-refractivity contribution in [1.29, 1.82) is 0 Å². The molecule has 1 saturated heterocycles. The second-order valence-corrected chi connectivity index (χ2v) is 8.04. The topological polar surface area (TPSA) is 62.3 Å². The molecule has 4 rings (SSSR count). The lowest BCUT2D eigenvalue weighted by Crippen LogP contribution is -2.27. The largest absolute Gasteiger partial charge is 0.332 e. The molecule has 0 radical (unpaired) electrons. The van der Waals surface area contributed by atoms with Crippen molar-refractivity contribution >= 4 is 50.1 Å². The fourth-order valence-corrected chi connectivity index (χ4v) is 4.63. The smallest absolute Gasteiger partial charge is 0.281 e. The Hall–Kier alpha value is -2.38. The Labute approximate surface area is 159 Å². The van der Waals surface area contributed by atoms with Gasteiger partial charge in [0.25, 0.3) is 5.24 Å². The number of carbonyl (C=O) groups excluding carboxylic acids is 2. The third-order valence-electron chi connectivity index (χ3n) is 4.14. The minimum atomic E-state index is -0.0869. The summed E-state index contributed by atoms with van der Waals surface area (Å²) in [4.78, 5) is 30.2. The van der Waals surface area contributed by atoms with Crippen molar-refractivity contribution in [2.75, 3.05) is 24.2 Å². The van der Waals surface area contributed by atoms with Gasteiger partial charge in [0.2, 0.25) is 5.91 Å². The Morgan fingerprint density at radius 3 is 2.88 bits per heavy atom. The van der Waals surface area contributed by atoms with Crippen LogP contribution in [0.25, 0.3) is 20.8 Å². The van der Waals surface area contributed by atoms with Crippen molar-refractivity contribution in [2.45, 2.75) is 6.42 Å². The Bertz CT molecular complexity index is 937. The molecule has 0 aliphatic carbocycles. The van der Waals surface area contributed by atoms with Gasteiger partial charge in [-0.25, -0.2) is 4.98 Å². The lowest BCUT2D eigenvalue weighted by atomic mass is 10.2. The minimum absolute atomic E-state index is 0.0654. The first-order valence-corrected chi connectivity index (χ1v) is 10.2. The number of hydrogen-bond donors (Lipinski definition) is 1. The number of para-hydroxylation sites is 1. The summed E-state index contributed by atoms with van der Waals surface area (Å²) >= 11 is 2.95. The van der Waals surface area contributed by atoms with Crippen LogP contribution in [0.5, 0.6) is 0 Å². The van der Waals surface area contributed by atoms with Crippen LogP contribution in [0.3, 0.4) is 0 Å². The second-order valence-electron chi connectivity index (χ2n) is 5.97. The molecule has 1 aromatic heterocycles. The molecule has 2 heterocycles. The average Bonchev–Trinajstić information content (AvgIpc) is 3.26. The van der Waals surface area contributed by atoms with Gasteiger partial charge in [0.1, 0.15) is 5.01 Å². The minimum Gasteiger partial charge on any atom is -0.332 e. The van der Waals surface area contributed by atoms with Gasteiger partial charge in [-0.1, -0.05) is 36.0 Å². The van der Waals surface area contributed by atoms with Crippen LogP contribution in [0.4, 0.5) is 10.5 Å². The van der Waals surface area contributed by atoms with Gasteiger partial charge in [0.15, 0.2) is 0 Å². The first-order valence-electron chi connectivity index (χ1n) is 8.36. The van der Waals surface area contributed by atoms with E-state index in [-0.39, 0.29) is 11.1 Å². The van der Waals surface area contributed by atoms with Crippen molar-refractivity contribution in [1.82, 2.24) is 9.88 Å². The molecule has 0 saturated carbocycles. The van der Waals surface area contributed by atoms with Crippen LogP contribution in [-0.2, 0) is 4.79 Å². The third kappa shape index (κ3) is 3.73. The number of amides is 2. The number of benzene rings is 2. The number of fused-ring (bicyclic) bond motifs is 1. The maximum atomic E-state index is 12.2. The van der Waals surface area contributed by atoms with E-state index in [0.717, 1.165) is 38.8 Å². The zero-order valence-electron chi connectivity index (χ0n) is 14.0. The van der Waals surface area contributed by atoms with Crippen LogP contribution >= 0.6 is 23.1 Å². The summed E-state index contributed by atoms with van der Waals surface area (Å²) in [5.41, 5.74) is 2.71. The highest BCUT2D eigenvalue weighted by Gasteiger charge is 2.21. The molecular weight excluding hydrogens is 366 g/mol. The van der Waals surface area contributed by atoms with Gasteiger partial charge < -0.3 is 10.2 Å². The van der Waals surface area contributed by atoms with Gasteiger partial charge in [-0.15, -0.1) is 11.3 Å². The summed E-state index contributed by atoms with van der Waals surface area (Å²) in [6.07, 6.45) is 0.303. The van der Waals surface area contributed by atoms with Crippen molar-refractivity contribution < 1.29 is 9.59 Å². The Morgan fingerprint density at radius 2 is 2.08 bits per heavy atom. The van der Waals surface area contributed by atoms with Crippen LogP contribution < -0.4 is 5.32 Å². The highest BCUT2D eigenvalue weighted by atomic mass is 32.2. The Balaban J connectivity index is 1.43. The SMILES string of the molecule is O=C(CCN1CCSC1=O)Nc1cccc(-c2nc3ccccc3s2)c1. The number of thiazole rings is 1. The van der Waals surface area contributed by atoms with E-state index in [1.165, 1.54) is 11.8 Å². The number of rotatable bonds is 5. The summed E-state index contributed by atoms with van der Waals surface area (Å²) in [6.45, 7) is 1.19. The molecule has 1 aliphatic rings. The van der Waals surface area contributed by atoms with E-state index < -0.39 is 0 Å². The molecule has 1 N–H and O–H groups in total. The molecule has 3 aromatic rings. The molecule has 7 heteroatoms. The quantitative estimate of drug-likeness (QED) is 0.706. The maximum absolute atomic E-state index is 12.2. The molecule has 26 heavy (non-hydrogen) atoms. The molecule has 0 spiro atoms. The fraction of sp³-hybridized carbons (Fsp3) is 0.211. The molecule has 0 bridgehead atoms. The zero-order chi connectivity index (χ0) is 17.9. The molecule has 2 amide bonds. The van der Waals surface area contributed by atoms with E-state index in [4.69, 9.17) is 0 Å². The first kappa shape index (κ1) is 17.1. The zero-order valence-corrected chi connectivity index (χ0v) is 15.6. The highest BCUT2D eigenvalue weighted by molar-refractivity contribution is 8.13. The molecule has 5 nitrogen and oxygen atoms in total. The molecule has 2 aromatic carbocycles. The molecule has 0 atom stereocenters. The first-order chi connectivity index (χ1) is 12.7. The number of thioether (sulfide) groups is 1. The van der Waals surface area contributed by atoms with E-state index in [0.29, 0.717) is 13.0 Å². The van der Waals surface area contributed by atoms with Crippen LogP contribution in [0.2, 0.25) is 0 Å². The van der Waals surface area contributed by atoms with E-state index in [9.17, 15) is 9.59 Å². The van der Waals surface area contributed by atoms with Gasteiger partial charge in [-0.3, -0.25) is 9.59 Å². The molecule has 132 valence electrons. The highest BCUT2D eigenvalue weighted by Crippen LogP contribution is 2.31. The summed E-state index contributed by atoms with van der Waals surface area (Å²) in [6, 6.07) is 15.7. The van der Waals surface area contributed by atoms with Gasteiger partial charge in [0, 0.05) is 36.5 Å². The summed E-state index contributed by atoms with van der Waals surface area (Å²) in [5, 5.41) is 3.92. The van der Waals surface area contributed by atoms with Crippen molar-refractivity contribution in [2.24, 2.45) is 0 Å². The van der Waals surface area contributed by atoms with E-state index >= 15 is 0 Å². The third-order valence-corrected chi connectivity index (χ3v) is 6.12. The number of hydrogen-bond acceptors (Lipinski definition) is 5. The summed E-state index contributed by atoms with van der Waals surface area (Å²) < 4.78 is 1.14. The molecule has 1 aliphatic heterocycles. The number of nitrogens with zero attached hydrogens (tertiary/aromatic N) is 2. The predicted molar refractivity (Wildman–Crippen MR) is 108 cm³/mol. The van der Waals surface area contributed by atoms with Gasteiger partial charge >= 0.3 is 0 Å². The van der Waals surface area contributed by atoms with Gasteiger partial charge in [-0.05, 0) is 24.3 Å². The predicted octanol–water partition coefficient (Wildman–Crippen LogP) is 4.46. The Kier molecular flexibility index (Phi) is 4.90. The van der Waals surface area contributed by atoms with Crippen molar-refractivity contribution in [3.63, 3.8) is 0 Å². The average molecular weight is 383 g/mol. The van der Waals surface area contributed by atoms with Crippen molar-refractivity contribution in [3.8, 4) is 10.6 Å². The number of anilines is 1. The van der Waals surface area contributed by atoms with Gasteiger partial charge in [0.05, 0.1) is 10.2 Å². The van der Waals surface area contributed by atoms with E-state index in [1.54, 1.807) is 16.2 Å². The lowest BCUT2D eigenvalue weighted by Gasteiger charge is -2.14. The van der Waals surface area contributed by atoms with Crippen LogP contribution in [0.1, 0.15) is 6.42 Å².